The van der Waals surface area contributed by atoms with E-state index in [-0.39, 0.29) is 0 Å². The molecule has 1 aromatic rings. The normalized spacial score (nSPS) is 8.67. The van der Waals surface area contributed by atoms with Gasteiger partial charge in [0.05, 0.1) is 0 Å². The molecule has 1 aromatic heterocycles. The maximum Gasteiger partial charge on any atom is 0.289 e. The second-order valence-electron chi connectivity index (χ2n) is 0.849. The fourth-order valence-corrected chi connectivity index (χ4v) is 0.319. The van der Waals surface area contributed by atoms with Crippen LogP contribution in [-0.2, 0) is 12.8 Å². The highest BCUT2D eigenvalue weighted by atomic mass is 32.1. The Morgan fingerprint density at radius 2 is 2.67 bits per heavy atom. The van der Waals surface area contributed by atoms with Crippen LogP contribution in [0.25, 0.3) is 0 Å². The van der Waals surface area contributed by atoms with Crippen LogP contribution < -0.4 is 4.09 Å². The fourth-order valence-electron chi connectivity index (χ4n) is 0.217. The number of aromatic nitrogens is 3. The zero-order valence-corrected chi connectivity index (χ0v) is 3.77. The first-order valence-corrected chi connectivity index (χ1v) is 1.83. The van der Waals surface area contributed by atoms with E-state index >= 15 is 0 Å². The van der Waals surface area contributed by atoms with Crippen LogP contribution in [0.3, 0.4) is 0 Å². The Bertz CT molecular complexity index is 112. The summed E-state index contributed by atoms with van der Waals surface area (Å²) in [4.78, 5) is 3.62. The highest BCUT2D eigenvalue weighted by molar-refractivity contribution is 7.50. The van der Waals surface area contributed by atoms with Crippen molar-refractivity contribution < 1.29 is 4.09 Å². The van der Waals surface area contributed by atoms with Crippen molar-refractivity contribution in [1.29, 1.82) is 0 Å². The summed E-state index contributed by atoms with van der Waals surface area (Å²) in [6, 6.07) is 0. The highest BCUT2D eigenvalue weighted by Gasteiger charge is 1.74. The lowest BCUT2D eigenvalue weighted by Crippen LogP contribution is -2.26. The minimum absolute atomic E-state index is 1.35. The van der Waals surface area contributed by atoms with Crippen molar-refractivity contribution in [2.24, 2.45) is 0 Å². The van der Waals surface area contributed by atoms with Crippen LogP contribution in [0.1, 0.15) is 0 Å². The molecule has 0 bridgehead atoms. The quantitative estimate of drug-likeness (QED) is 0.336. The molecule has 32 valence electrons. The van der Waals surface area contributed by atoms with Gasteiger partial charge in [0.25, 0.3) is 6.33 Å². The number of H-pyrrole nitrogens is 1. The van der Waals surface area contributed by atoms with Crippen molar-refractivity contribution in [3.05, 3.63) is 12.7 Å². The summed E-state index contributed by atoms with van der Waals surface area (Å²) in [7, 11) is 0. The van der Waals surface area contributed by atoms with Gasteiger partial charge in [-0.25, -0.2) is 5.10 Å². The van der Waals surface area contributed by atoms with Gasteiger partial charge in [-0.1, -0.05) is 0 Å². The topological polar surface area (TPSA) is 32.6 Å². The molecule has 1 heterocycles. The number of aromatic amines is 1. The van der Waals surface area contributed by atoms with Crippen LogP contribution in [0.2, 0.25) is 0 Å². The van der Waals surface area contributed by atoms with Gasteiger partial charge in [-0.05, 0) is 4.98 Å². The predicted octanol–water partition coefficient (Wildman–Crippen LogP) is -0.993. The minimum Gasteiger partial charge on any atom is -0.529 e. The van der Waals surface area contributed by atoms with E-state index in [1.54, 1.807) is 0 Å². The van der Waals surface area contributed by atoms with Crippen molar-refractivity contribution >= 4 is 12.8 Å². The van der Waals surface area contributed by atoms with Gasteiger partial charge in [-0.2, -0.15) is 0 Å². The molecule has 3 nitrogen and oxygen atoms in total. The Morgan fingerprint density at radius 1 is 1.83 bits per heavy atom. The number of rotatable bonds is 0. The molecule has 0 fully saturated rings. The molecular weight excluding hydrogens is 98.1 g/mol. The van der Waals surface area contributed by atoms with Gasteiger partial charge in [0, 0.05) is 0 Å². The lowest BCUT2D eigenvalue weighted by molar-refractivity contribution is -0.559. The van der Waals surface area contributed by atoms with E-state index in [1.165, 1.54) is 16.7 Å². The maximum absolute atomic E-state index is 4.54. The van der Waals surface area contributed by atoms with Crippen molar-refractivity contribution in [1.82, 2.24) is 10.1 Å². The second-order valence-corrected chi connectivity index (χ2v) is 1.24. The fraction of sp³-hybridized carbons (Fsp3) is 0. The molecule has 0 saturated carbocycles. The zero-order chi connectivity index (χ0) is 4.41. The van der Waals surface area contributed by atoms with E-state index in [0.717, 1.165) is 0 Å². The van der Waals surface area contributed by atoms with E-state index in [4.69, 9.17) is 0 Å². The largest absolute Gasteiger partial charge is 0.529 e. The number of hydrogen-bond donors (Lipinski definition) is 1. The Hall–Kier alpha value is -0.640. The SMILES string of the molecule is [S-][n+]1cnc[nH]1. The van der Waals surface area contributed by atoms with Gasteiger partial charge in [0.2, 0.25) is 6.33 Å². The molecule has 6 heavy (non-hydrogen) atoms. The minimum atomic E-state index is 1.35. The average Bonchev–Trinajstić information content (AvgIpc) is 1.86. The molecule has 0 atom stereocenters. The summed E-state index contributed by atoms with van der Waals surface area (Å²) in [6.45, 7) is 0. The molecule has 4 heteroatoms. The lowest BCUT2D eigenvalue weighted by atomic mass is 11.3. The summed E-state index contributed by atoms with van der Waals surface area (Å²) in [5, 5.41) is 2.62. The van der Waals surface area contributed by atoms with E-state index in [9.17, 15) is 0 Å². The molecule has 1 rings (SSSR count). The third-order valence-corrected chi connectivity index (χ3v) is 0.631. The Morgan fingerprint density at radius 3 is 2.83 bits per heavy atom. The molecule has 0 aliphatic carbocycles. The lowest BCUT2D eigenvalue weighted by Gasteiger charge is -1.85. The number of hydrogen-bond acceptors (Lipinski definition) is 2. The third kappa shape index (κ3) is 0.463. The zero-order valence-electron chi connectivity index (χ0n) is 2.96. The molecule has 0 aliphatic heterocycles. The standard InChI is InChI=1S/C2H3N3S/c6-5-2-3-1-4-5/h1-2H,(H,3,4). The first-order valence-electron chi connectivity index (χ1n) is 1.47. The van der Waals surface area contributed by atoms with Crippen LogP contribution in [0.15, 0.2) is 12.7 Å². The summed E-state index contributed by atoms with van der Waals surface area (Å²) in [6.07, 6.45) is 3.03. The maximum atomic E-state index is 4.54. The van der Waals surface area contributed by atoms with Crippen LogP contribution >= 0.6 is 0 Å². The first-order chi connectivity index (χ1) is 2.89. The average molecular weight is 101 g/mol. The molecule has 0 spiro atoms. The second kappa shape index (κ2) is 1.22. The molecule has 0 aromatic carbocycles. The third-order valence-electron chi connectivity index (χ3n) is 0.431. The van der Waals surface area contributed by atoms with E-state index in [2.05, 4.69) is 22.9 Å². The molecular formula is C2H3N3S. The smallest absolute Gasteiger partial charge is 0.289 e. The Labute approximate surface area is 40.5 Å². The molecule has 1 N–H and O–H groups in total. The van der Waals surface area contributed by atoms with Crippen molar-refractivity contribution in [3.8, 4) is 0 Å². The van der Waals surface area contributed by atoms with Gasteiger partial charge in [-0.15, -0.1) is 0 Å². The monoisotopic (exact) mass is 101 g/mol. The highest BCUT2D eigenvalue weighted by Crippen LogP contribution is 1.51. The predicted molar refractivity (Wildman–Crippen MR) is 21.5 cm³/mol. The van der Waals surface area contributed by atoms with Gasteiger partial charge in [0.1, 0.15) is 0 Å². The van der Waals surface area contributed by atoms with Gasteiger partial charge in [0.15, 0.2) is 0 Å². The van der Waals surface area contributed by atoms with E-state index < -0.39 is 0 Å². The molecule has 0 radical (unpaired) electrons. The Kier molecular flexibility index (Phi) is 0.719. The number of nitrogens with zero attached hydrogens (tertiary/aromatic N) is 2. The van der Waals surface area contributed by atoms with Gasteiger partial charge in [-0.3, -0.25) is 4.09 Å². The summed E-state index contributed by atoms with van der Waals surface area (Å²) in [5.41, 5.74) is 0. The van der Waals surface area contributed by atoms with Crippen molar-refractivity contribution in [2.45, 2.75) is 0 Å². The Balaban J connectivity index is 3.05. The van der Waals surface area contributed by atoms with Gasteiger partial charge >= 0.3 is 0 Å². The molecule has 0 amide bonds. The van der Waals surface area contributed by atoms with Crippen molar-refractivity contribution in [3.63, 3.8) is 0 Å². The summed E-state index contributed by atoms with van der Waals surface area (Å²) >= 11 is 4.54. The van der Waals surface area contributed by atoms with Crippen LogP contribution in [-0.4, -0.2) is 10.1 Å². The van der Waals surface area contributed by atoms with Gasteiger partial charge < -0.3 is 12.8 Å². The molecule has 0 saturated heterocycles. The molecule has 0 unspecified atom stereocenters. The van der Waals surface area contributed by atoms with Crippen LogP contribution in [0.4, 0.5) is 0 Å². The van der Waals surface area contributed by atoms with Crippen molar-refractivity contribution in [2.75, 3.05) is 0 Å². The first kappa shape index (κ1) is 3.55. The van der Waals surface area contributed by atoms with E-state index in [0.29, 0.717) is 0 Å². The van der Waals surface area contributed by atoms with Crippen LogP contribution in [0.5, 0.6) is 0 Å². The summed E-state index contributed by atoms with van der Waals surface area (Å²) in [5.74, 6) is 0. The molecule has 0 aliphatic rings. The van der Waals surface area contributed by atoms with Crippen LogP contribution in [0, 0.1) is 0 Å². The summed E-state index contributed by atoms with van der Waals surface area (Å²) < 4.78 is 1.35. The van der Waals surface area contributed by atoms with E-state index in [1.807, 2.05) is 0 Å². The number of nitrogens with one attached hydrogen (secondary N) is 1.